The molecule has 128 valence electrons. The second-order valence-electron chi connectivity index (χ2n) is 6.35. The summed E-state index contributed by atoms with van der Waals surface area (Å²) in [5, 5.41) is 4.37. The first-order valence-electron chi connectivity index (χ1n) is 8.48. The highest BCUT2D eigenvalue weighted by atomic mass is 79.9. The lowest BCUT2D eigenvalue weighted by Crippen LogP contribution is -2.08. The Bertz CT molecular complexity index is 964. The molecule has 3 aromatic rings. The van der Waals surface area contributed by atoms with Crippen molar-refractivity contribution >= 4 is 33.6 Å². The molecule has 0 spiro atoms. The Labute approximate surface area is 153 Å². The van der Waals surface area contributed by atoms with Crippen LogP contribution in [0.4, 0.5) is 5.82 Å². The van der Waals surface area contributed by atoms with E-state index in [9.17, 15) is 4.79 Å². The zero-order valence-corrected chi connectivity index (χ0v) is 15.2. The summed E-state index contributed by atoms with van der Waals surface area (Å²) >= 11 is 3.53. The molecule has 3 aromatic heterocycles. The number of hydrogen-bond donors (Lipinski definition) is 1. The van der Waals surface area contributed by atoms with Gasteiger partial charge in [0.15, 0.2) is 11.5 Å². The van der Waals surface area contributed by atoms with Crippen molar-refractivity contribution in [2.24, 2.45) is 4.99 Å². The molecular weight excluding hydrogens is 382 g/mol. The molecule has 0 saturated heterocycles. The molecular formula is C18H18BrN5O. The number of H-pyrrole nitrogens is 1. The molecule has 1 aliphatic rings. The van der Waals surface area contributed by atoms with Gasteiger partial charge >= 0.3 is 0 Å². The number of aliphatic imine (C=N–C) groups is 1. The van der Waals surface area contributed by atoms with Gasteiger partial charge in [0.1, 0.15) is 0 Å². The van der Waals surface area contributed by atoms with E-state index in [0.29, 0.717) is 5.92 Å². The number of fused-ring (bicyclic) bond motifs is 1. The second-order valence-corrected chi connectivity index (χ2v) is 7.20. The largest absolute Gasteiger partial charge is 0.328 e. The maximum Gasteiger partial charge on any atom is 0.247 e. The Hall–Kier alpha value is -2.28. The van der Waals surface area contributed by atoms with E-state index in [0.717, 1.165) is 27.2 Å². The number of hydrogen-bond acceptors (Lipinski definition) is 4. The number of aromatic nitrogens is 4. The summed E-state index contributed by atoms with van der Waals surface area (Å²) in [5.41, 5.74) is 2.58. The van der Waals surface area contributed by atoms with Gasteiger partial charge in [-0.05, 0) is 34.8 Å². The fraction of sp³-hybridized carbons (Fsp3) is 0.333. The summed E-state index contributed by atoms with van der Waals surface area (Å²) < 4.78 is 2.60. The van der Waals surface area contributed by atoms with Gasteiger partial charge in [0, 0.05) is 41.7 Å². The average molecular weight is 400 g/mol. The van der Waals surface area contributed by atoms with Crippen molar-refractivity contribution in [3.05, 3.63) is 56.7 Å². The van der Waals surface area contributed by atoms with Crippen molar-refractivity contribution in [3.63, 3.8) is 0 Å². The standard InChI is InChI=1S/C18H18BrN5O/c19-14-11-22-24-16(20-9-12-6-7-17(25)21-10-12)8-15(23-18(14)24)13-4-2-1-3-5-13/h6-11,13H,1-5H2,(H,21,25). The van der Waals surface area contributed by atoms with Crippen LogP contribution < -0.4 is 5.56 Å². The van der Waals surface area contributed by atoms with E-state index < -0.39 is 0 Å². The molecule has 1 fully saturated rings. The van der Waals surface area contributed by atoms with Crippen molar-refractivity contribution in [3.8, 4) is 0 Å². The second kappa shape index (κ2) is 6.92. The Morgan fingerprint density at radius 3 is 2.88 bits per heavy atom. The van der Waals surface area contributed by atoms with E-state index >= 15 is 0 Å². The van der Waals surface area contributed by atoms with E-state index in [-0.39, 0.29) is 5.56 Å². The minimum absolute atomic E-state index is 0.126. The van der Waals surface area contributed by atoms with Gasteiger partial charge in [-0.2, -0.15) is 9.61 Å². The topological polar surface area (TPSA) is 75.4 Å². The minimum atomic E-state index is -0.126. The van der Waals surface area contributed by atoms with Crippen molar-refractivity contribution in [2.45, 2.75) is 38.0 Å². The summed E-state index contributed by atoms with van der Waals surface area (Å²) in [7, 11) is 0. The number of aromatic amines is 1. The van der Waals surface area contributed by atoms with Gasteiger partial charge in [-0.25, -0.2) is 9.98 Å². The summed E-state index contributed by atoms with van der Waals surface area (Å²) in [6.45, 7) is 0. The van der Waals surface area contributed by atoms with Gasteiger partial charge < -0.3 is 4.98 Å². The first-order chi connectivity index (χ1) is 12.2. The van der Waals surface area contributed by atoms with Gasteiger partial charge in [0.2, 0.25) is 5.56 Å². The molecule has 0 unspecified atom stereocenters. The lowest BCUT2D eigenvalue weighted by Gasteiger charge is -2.21. The smallest absolute Gasteiger partial charge is 0.247 e. The summed E-state index contributed by atoms with van der Waals surface area (Å²) in [5.74, 6) is 1.23. The van der Waals surface area contributed by atoms with Gasteiger partial charge in [-0.3, -0.25) is 4.79 Å². The van der Waals surface area contributed by atoms with Crippen molar-refractivity contribution in [1.29, 1.82) is 0 Å². The van der Waals surface area contributed by atoms with Gasteiger partial charge in [-0.1, -0.05) is 19.3 Å². The van der Waals surface area contributed by atoms with E-state index in [2.05, 4.69) is 31.0 Å². The molecule has 1 N–H and O–H groups in total. The van der Waals surface area contributed by atoms with Crippen LogP contribution in [0.25, 0.3) is 5.65 Å². The van der Waals surface area contributed by atoms with Crippen molar-refractivity contribution in [2.75, 3.05) is 0 Å². The number of halogens is 1. The summed E-state index contributed by atoms with van der Waals surface area (Å²) in [4.78, 5) is 23.2. The van der Waals surface area contributed by atoms with Crippen LogP contribution in [0.5, 0.6) is 0 Å². The number of rotatable bonds is 3. The molecule has 3 heterocycles. The minimum Gasteiger partial charge on any atom is -0.328 e. The zero-order valence-electron chi connectivity index (χ0n) is 13.7. The Morgan fingerprint density at radius 2 is 2.12 bits per heavy atom. The van der Waals surface area contributed by atoms with E-state index in [1.165, 1.54) is 38.2 Å². The molecule has 0 aromatic carbocycles. The maximum absolute atomic E-state index is 11.2. The van der Waals surface area contributed by atoms with Gasteiger partial charge in [-0.15, -0.1) is 0 Å². The SMILES string of the molecule is O=c1ccc(C=Nc2cc(C3CCCCC3)nc3c(Br)cnn23)c[nH]1. The van der Waals surface area contributed by atoms with Crippen LogP contribution in [-0.2, 0) is 0 Å². The van der Waals surface area contributed by atoms with Gasteiger partial charge in [0.05, 0.1) is 10.7 Å². The quantitative estimate of drug-likeness (QED) is 0.676. The molecule has 7 heteroatoms. The number of nitrogens with one attached hydrogen (secondary N) is 1. The third-order valence-electron chi connectivity index (χ3n) is 4.61. The normalized spacial score (nSPS) is 16.0. The third-order valence-corrected chi connectivity index (χ3v) is 5.17. The number of nitrogens with zero attached hydrogens (tertiary/aromatic N) is 4. The first-order valence-corrected chi connectivity index (χ1v) is 9.27. The van der Waals surface area contributed by atoms with Crippen LogP contribution in [-0.4, -0.2) is 25.8 Å². The van der Waals surface area contributed by atoms with Gasteiger partial charge in [0.25, 0.3) is 0 Å². The molecule has 0 amide bonds. The predicted molar refractivity (Wildman–Crippen MR) is 101 cm³/mol. The highest BCUT2D eigenvalue weighted by Gasteiger charge is 2.19. The summed E-state index contributed by atoms with van der Waals surface area (Å²) in [6, 6.07) is 5.26. The van der Waals surface area contributed by atoms with Crippen LogP contribution in [0.15, 0.2) is 44.9 Å². The highest BCUT2D eigenvalue weighted by Crippen LogP contribution is 2.34. The fourth-order valence-electron chi connectivity index (χ4n) is 3.28. The molecule has 25 heavy (non-hydrogen) atoms. The zero-order chi connectivity index (χ0) is 17.2. The van der Waals surface area contributed by atoms with Crippen LogP contribution in [0.2, 0.25) is 0 Å². The Balaban J connectivity index is 1.75. The molecule has 0 atom stereocenters. The van der Waals surface area contributed by atoms with Crippen LogP contribution in [0.3, 0.4) is 0 Å². The molecule has 6 nitrogen and oxygen atoms in total. The lowest BCUT2D eigenvalue weighted by atomic mass is 9.87. The highest BCUT2D eigenvalue weighted by molar-refractivity contribution is 9.10. The van der Waals surface area contributed by atoms with Crippen molar-refractivity contribution in [1.82, 2.24) is 19.6 Å². The lowest BCUT2D eigenvalue weighted by molar-refractivity contribution is 0.437. The molecule has 0 aliphatic heterocycles. The molecule has 4 rings (SSSR count). The maximum atomic E-state index is 11.2. The third kappa shape index (κ3) is 3.42. The molecule has 1 aliphatic carbocycles. The Kier molecular flexibility index (Phi) is 4.48. The van der Waals surface area contributed by atoms with E-state index in [1.807, 2.05) is 6.07 Å². The molecule has 0 bridgehead atoms. The van der Waals surface area contributed by atoms with E-state index in [1.54, 1.807) is 29.2 Å². The van der Waals surface area contributed by atoms with Crippen LogP contribution >= 0.6 is 15.9 Å². The fourth-order valence-corrected chi connectivity index (χ4v) is 3.63. The Morgan fingerprint density at radius 1 is 1.28 bits per heavy atom. The number of pyridine rings is 1. The van der Waals surface area contributed by atoms with E-state index in [4.69, 9.17) is 4.98 Å². The molecule has 0 radical (unpaired) electrons. The van der Waals surface area contributed by atoms with Crippen LogP contribution in [0, 0.1) is 0 Å². The monoisotopic (exact) mass is 399 g/mol. The van der Waals surface area contributed by atoms with Crippen molar-refractivity contribution < 1.29 is 0 Å². The van der Waals surface area contributed by atoms with Crippen LogP contribution in [0.1, 0.15) is 49.3 Å². The summed E-state index contributed by atoms with van der Waals surface area (Å²) in [6.07, 6.45) is 11.3. The predicted octanol–water partition coefficient (Wildman–Crippen LogP) is 3.98. The molecule has 1 saturated carbocycles. The average Bonchev–Trinajstić information content (AvgIpc) is 3.03. The first kappa shape index (κ1) is 16.2.